The lowest BCUT2D eigenvalue weighted by Crippen LogP contribution is -1.87. The highest BCUT2D eigenvalue weighted by Gasteiger charge is 2.15. The molecule has 0 bridgehead atoms. The van der Waals surface area contributed by atoms with Crippen LogP contribution in [0, 0.1) is 10.1 Å². The Hall–Kier alpha value is -0.620. The first kappa shape index (κ1) is 7.49. The molecule has 0 saturated heterocycles. The van der Waals surface area contributed by atoms with Gasteiger partial charge in [0.15, 0.2) is 0 Å². The lowest BCUT2D eigenvalue weighted by atomic mass is 10.8. The summed E-state index contributed by atoms with van der Waals surface area (Å²) in [6, 6.07) is 0. The van der Waals surface area contributed by atoms with Crippen LogP contribution in [0.1, 0.15) is 0 Å². The van der Waals surface area contributed by atoms with Crippen LogP contribution in [0.25, 0.3) is 0 Å². The lowest BCUT2D eigenvalue weighted by molar-refractivity contribution is -0.389. The molecule has 1 rings (SSSR count). The number of nitrogens with one attached hydrogen (secondary N) is 1. The van der Waals surface area contributed by atoms with Crippen molar-refractivity contribution in [2.75, 3.05) is 0 Å². The summed E-state index contributed by atoms with van der Waals surface area (Å²) >= 11 is 8.22. The lowest BCUT2D eigenvalue weighted by Gasteiger charge is -1.86. The molecule has 1 aromatic heterocycles. The maximum Gasteiger partial charge on any atom is 0.360 e. The number of nitrogens with zero attached hydrogens (tertiary/aromatic N) is 2. The summed E-state index contributed by atoms with van der Waals surface area (Å²) < 4.78 is 0.254. The molecule has 1 N–H and O–H groups in total. The molecular formula is C3HBrClN3O2. The highest BCUT2D eigenvalue weighted by Crippen LogP contribution is 2.22. The van der Waals surface area contributed by atoms with Crippen LogP contribution in [0.15, 0.2) is 4.73 Å². The average molecular weight is 226 g/mol. The van der Waals surface area contributed by atoms with Gasteiger partial charge in [0.1, 0.15) is 0 Å². The van der Waals surface area contributed by atoms with Crippen molar-refractivity contribution in [3.8, 4) is 0 Å². The van der Waals surface area contributed by atoms with E-state index in [1.165, 1.54) is 0 Å². The van der Waals surface area contributed by atoms with Gasteiger partial charge in [-0.05, 0) is 4.92 Å². The topological polar surface area (TPSA) is 71.8 Å². The average Bonchev–Trinajstić information content (AvgIpc) is 2.10. The minimum atomic E-state index is -0.639. The minimum Gasteiger partial charge on any atom is -0.358 e. The predicted molar refractivity (Wildman–Crippen MR) is 38.0 cm³/mol. The highest BCUT2D eigenvalue weighted by molar-refractivity contribution is 9.10. The van der Waals surface area contributed by atoms with Gasteiger partial charge in [0.2, 0.25) is 5.15 Å². The number of aromatic nitrogens is 2. The third kappa shape index (κ3) is 1.27. The number of hydrogen-bond acceptors (Lipinski definition) is 3. The van der Waals surface area contributed by atoms with Gasteiger partial charge < -0.3 is 10.1 Å². The molecule has 7 heteroatoms. The number of imidazole rings is 1. The van der Waals surface area contributed by atoms with Crippen molar-refractivity contribution in [1.82, 2.24) is 9.97 Å². The van der Waals surface area contributed by atoms with Crippen molar-refractivity contribution in [2.24, 2.45) is 0 Å². The number of aromatic amines is 1. The third-order valence-electron chi connectivity index (χ3n) is 0.796. The van der Waals surface area contributed by atoms with Crippen molar-refractivity contribution in [1.29, 1.82) is 0 Å². The Morgan fingerprint density at radius 1 is 1.80 bits per heavy atom. The van der Waals surface area contributed by atoms with E-state index < -0.39 is 4.92 Å². The van der Waals surface area contributed by atoms with Gasteiger partial charge in [-0.15, -0.1) is 0 Å². The van der Waals surface area contributed by atoms with E-state index in [0.29, 0.717) is 0 Å². The van der Waals surface area contributed by atoms with E-state index in [2.05, 4.69) is 25.9 Å². The molecule has 0 aliphatic carbocycles. The van der Waals surface area contributed by atoms with Crippen LogP contribution in [0.4, 0.5) is 5.82 Å². The first-order valence-electron chi connectivity index (χ1n) is 2.16. The van der Waals surface area contributed by atoms with Gasteiger partial charge in [-0.1, -0.05) is 11.6 Å². The zero-order chi connectivity index (χ0) is 7.72. The fourth-order valence-corrected chi connectivity index (χ4v) is 1.11. The molecule has 0 atom stereocenters. The maximum absolute atomic E-state index is 10.1. The molecule has 0 saturated carbocycles. The van der Waals surface area contributed by atoms with Crippen LogP contribution in [0.3, 0.4) is 0 Å². The van der Waals surface area contributed by atoms with E-state index in [4.69, 9.17) is 11.6 Å². The molecular weight excluding hydrogens is 225 g/mol. The van der Waals surface area contributed by atoms with E-state index in [0.717, 1.165) is 0 Å². The molecule has 0 aliphatic rings. The minimum absolute atomic E-state index is 0.142. The Morgan fingerprint density at radius 2 is 2.40 bits per heavy atom. The first-order chi connectivity index (χ1) is 4.61. The number of H-pyrrole nitrogens is 1. The van der Waals surface area contributed by atoms with Crippen LogP contribution in [0.2, 0.25) is 5.15 Å². The number of rotatable bonds is 1. The molecule has 10 heavy (non-hydrogen) atoms. The predicted octanol–water partition coefficient (Wildman–Crippen LogP) is 1.73. The second-order valence-electron chi connectivity index (χ2n) is 1.42. The van der Waals surface area contributed by atoms with Gasteiger partial charge >= 0.3 is 5.82 Å². The number of hydrogen-bond donors (Lipinski definition) is 1. The molecule has 0 fully saturated rings. The summed E-state index contributed by atoms with van der Waals surface area (Å²) in [4.78, 5) is 15.3. The summed E-state index contributed by atoms with van der Waals surface area (Å²) in [7, 11) is 0. The second kappa shape index (κ2) is 2.55. The molecule has 1 heterocycles. The fourth-order valence-electron chi connectivity index (χ4n) is 0.437. The van der Waals surface area contributed by atoms with E-state index in [-0.39, 0.29) is 15.7 Å². The molecule has 0 radical (unpaired) electrons. The van der Waals surface area contributed by atoms with Crippen LogP contribution in [0.5, 0.6) is 0 Å². The van der Waals surface area contributed by atoms with Crippen LogP contribution < -0.4 is 0 Å². The summed E-state index contributed by atoms with van der Waals surface area (Å²) in [5, 5.41) is 9.92. The summed E-state index contributed by atoms with van der Waals surface area (Å²) in [6.07, 6.45) is 0. The second-order valence-corrected chi connectivity index (χ2v) is 2.53. The van der Waals surface area contributed by atoms with Crippen LogP contribution in [-0.4, -0.2) is 14.9 Å². The molecule has 5 nitrogen and oxygen atoms in total. The van der Waals surface area contributed by atoms with Gasteiger partial charge in [0, 0.05) is 15.9 Å². The van der Waals surface area contributed by atoms with Crippen molar-refractivity contribution >= 4 is 33.3 Å². The molecule has 0 unspecified atom stereocenters. The SMILES string of the molecule is O=[N+]([O-])c1[nH]c(Br)nc1Cl. The van der Waals surface area contributed by atoms with Gasteiger partial charge in [-0.3, -0.25) is 0 Å². The van der Waals surface area contributed by atoms with Crippen LogP contribution >= 0.6 is 27.5 Å². The smallest absolute Gasteiger partial charge is 0.358 e. The van der Waals surface area contributed by atoms with E-state index in [1.54, 1.807) is 0 Å². The van der Waals surface area contributed by atoms with Gasteiger partial charge in [-0.2, -0.15) is 4.98 Å². The Balaban J connectivity index is 3.15. The number of halogens is 2. The van der Waals surface area contributed by atoms with E-state index >= 15 is 0 Å². The summed E-state index contributed by atoms with van der Waals surface area (Å²) in [6.45, 7) is 0. The third-order valence-corrected chi connectivity index (χ3v) is 1.43. The zero-order valence-corrected chi connectivity index (χ0v) is 6.81. The molecule has 0 aliphatic heterocycles. The monoisotopic (exact) mass is 225 g/mol. The summed E-state index contributed by atoms with van der Waals surface area (Å²) in [5.41, 5.74) is 0. The van der Waals surface area contributed by atoms with Gasteiger partial charge in [0.25, 0.3) is 4.73 Å². The highest BCUT2D eigenvalue weighted by atomic mass is 79.9. The normalized spacial score (nSPS) is 9.80. The van der Waals surface area contributed by atoms with Crippen molar-refractivity contribution in [2.45, 2.75) is 0 Å². The maximum atomic E-state index is 10.1. The Labute approximate surface area is 68.7 Å². The van der Waals surface area contributed by atoms with Crippen molar-refractivity contribution < 1.29 is 4.92 Å². The van der Waals surface area contributed by atoms with Crippen molar-refractivity contribution in [3.63, 3.8) is 0 Å². The summed E-state index contributed by atoms with van der Waals surface area (Å²) in [5.74, 6) is -0.298. The first-order valence-corrected chi connectivity index (χ1v) is 3.33. The molecule has 0 aromatic carbocycles. The molecule has 54 valence electrons. The Kier molecular flexibility index (Phi) is 1.91. The van der Waals surface area contributed by atoms with Crippen molar-refractivity contribution in [3.05, 3.63) is 20.0 Å². The largest absolute Gasteiger partial charge is 0.360 e. The van der Waals surface area contributed by atoms with Gasteiger partial charge in [-0.25, -0.2) is 4.98 Å². The van der Waals surface area contributed by atoms with Crippen LogP contribution in [-0.2, 0) is 0 Å². The number of nitro groups is 1. The zero-order valence-electron chi connectivity index (χ0n) is 4.47. The molecule has 0 spiro atoms. The standard InChI is InChI=1S/C3HBrClN3O2/c4-3-6-1(5)2(7-3)8(9)10/h(H,6,7). The van der Waals surface area contributed by atoms with E-state index in [1.807, 2.05) is 0 Å². The quantitative estimate of drug-likeness (QED) is 0.585. The Morgan fingerprint density at radius 3 is 2.60 bits per heavy atom. The van der Waals surface area contributed by atoms with Gasteiger partial charge in [0.05, 0.1) is 0 Å². The molecule has 1 aromatic rings. The fraction of sp³-hybridized carbons (Fsp3) is 0. The van der Waals surface area contributed by atoms with E-state index in [9.17, 15) is 10.1 Å². The molecule has 0 amide bonds. The Bertz CT molecular complexity index is 273.